The second-order valence-corrected chi connectivity index (χ2v) is 10.5. The lowest BCUT2D eigenvalue weighted by Gasteiger charge is -2.43. The summed E-state index contributed by atoms with van der Waals surface area (Å²) in [7, 11) is 1.83. The molecule has 0 bridgehead atoms. The third kappa shape index (κ3) is 3.90. The average molecular weight is 446 g/mol. The fraction of sp³-hybridized carbons (Fsp3) is 0.462. The summed E-state index contributed by atoms with van der Waals surface area (Å²) < 4.78 is 1.92. The minimum atomic E-state index is -0.150. The molecule has 33 heavy (non-hydrogen) atoms. The van der Waals surface area contributed by atoms with Gasteiger partial charge < -0.3 is 10.2 Å². The van der Waals surface area contributed by atoms with Crippen LogP contribution in [0, 0.1) is 5.41 Å². The number of fused-ring (bicyclic) bond motifs is 2. The van der Waals surface area contributed by atoms with E-state index in [4.69, 9.17) is 0 Å². The number of nitrogens with zero attached hydrogens (tertiary/aromatic N) is 4. The molecule has 1 spiro atoms. The van der Waals surface area contributed by atoms with Crippen LogP contribution in [-0.2, 0) is 12.0 Å². The van der Waals surface area contributed by atoms with Crippen LogP contribution in [0.4, 0.5) is 5.82 Å². The summed E-state index contributed by atoms with van der Waals surface area (Å²) in [5.41, 5.74) is 2.94. The van der Waals surface area contributed by atoms with Crippen LogP contribution in [-0.4, -0.2) is 51.5 Å². The molecule has 1 saturated heterocycles. The van der Waals surface area contributed by atoms with E-state index < -0.39 is 0 Å². The molecule has 1 N–H and O–H groups in total. The fourth-order valence-corrected chi connectivity index (χ4v) is 5.12. The van der Waals surface area contributed by atoms with Gasteiger partial charge in [-0.3, -0.25) is 14.3 Å². The summed E-state index contributed by atoms with van der Waals surface area (Å²) in [6, 6.07) is 9.64. The molecule has 2 aliphatic rings. The summed E-state index contributed by atoms with van der Waals surface area (Å²) >= 11 is 0. The summed E-state index contributed by atoms with van der Waals surface area (Å²) in [6.07, 6.45) is 5.10. The molecule has 7 nitrogen and oxygen atoms in total. The number of hydrogen-bond donors (Lipinski definition) is 1. The molecule has 3 aromatic rings. The Bertz CT molecular complexity index is 1250. The van der Waals surface area contributed by atoms with Crippen molar-refractivity contribution in [3.63, 3.8) is 0 Å². The van der Waals surface area contributed by atoms with Gasteiger partial charge in [-0.25, -0.2) is 4.98 Å². The molecule has 172 valence electrons. The van der Waals surface area contributed by atoms with E-state index in [1.807, 2.05) is 53.2 Å². The van der Waals surface area contributed by atoms with E-state index in [1.54, 1.807) is 0 Å². The Balaban J connectivity index is 1.32. The normalized spacial score (nSPS) is 17.9. The molecule has 0 atom stereocenters. The van der Waals surface area contributed by atoms with Crippen LogP contribution in [0.25, 0.3) is 10.9 Å². The molecule has 1 aliphatic carbocycles. The van der Waals surface area contributed by atoms with Crippen molar-refractivity contribution < 1.29 is 9.59 Å². The number of amides is 1. The van der Waals surface area contributed by atoms with Gasteiger partial charge in [0.15, 0.2) is 5.78 Å². The number of ketones is 1. The quantitative estimate of drug-likeness (QED) is 0.637. The number of carbonyl (C=O) groups excluding carboxylic acids is 2. The number of likely N-dealkylation sites (tertiary alicyclic amines) is 1. The lowest BCUT2D eigenvalue weighted by atomic mass is 9.67. The molecule has 0 radical (unpaired) electrons. The molecule has 0 unspecified atom stereocenters. The number of piperidine rings is 1. The highest BCUT2D eigenvalue weighted by atomic mass is 16.2. The molecule has 7 heteroatoms. The summed E-state index contributed by atoms with van der Waals surface area (Å²) in [5, 5.41) is 8.65. The molecule has 5 rings (SSSR count). The van der Waals surface area contributed by atoms with E-state index in [9.17, 15) is 9.59 Å². The van der Waals surface area contributed by atoms with Gasteiger partial charge in [0.2, 0.25) is 0 Å². The zero-order valence-corrected chi connectivity index (χ0v) is 19.8. The molecule has 3 heterocycles. The van der Waals surface area contributed by atoms with Crippen molar-refractivity contribution in [3.8, 4) is 0 Å². The number of rotatable bonds is 2. The zero-order valence-electron chi connectivity index (χ0n) is 19.8. The first kappa shape index (κ1) is 21.6. The number of anilines is 1. The zero-order chi connectivity index (χ0) is 23.4. The summed E-state index contributed by atoms with van der Waals surface area (Å²) in [4.78, 5) is 32.7. The first-order valence-electron chi connectivity index (χ1n) is 11.7. The first-order valence-corrected chi connectivity index (χ1v) is 11.7. The Morgan fingerprint density at radius 3 is 2.52 bits per heavy atom. The lowest BCUT2D eigenvalue weighted by Crippen LogP contribution is -2.46. The number of nitrogens with one attached hydrogen (secondary N) is 1. The van der Waals surface area contributed by atoms with Gasteiger partial charge in [-0.05, 0) is 69.7 Å². The van der Waals surface area contributed by atoms with Crippen LogP contribution >= 0.6 is 0 Å². The Labute approximate surface area is 194 Å². The highest BCUT2D eigenvalue weighted by Crippen LogP contribution is 2.43. The Hall–Kier alpha value is -3.22. The van der Waals surface area contributed by atoms with E-state index in [0.717, 1.165) is 41.5 Å². The third-order valence-electron chi connectivity index (χ3n) is 7.15. The van der Waals surface area contributed by atoms with Crippen LogP contribution in [0.2, 0.25) is 0 Å². The maximum Gasteiger partial charge on any atom is 0.253 e. The number of pyridine rings is 1. The van der Waals surface area contributed by atoms with E-state index in [1.165, 1.54) is 0 Å². The predicted octanol–water partition coefficient (Wildman–Crippen LogP) is 4.28. The maximum absolute atomic E-state index is 13.2. The molecule has 0 saturated carbocycles. The standard InChI is InChI=1S/C26H31N5O2/c1-25(2,3)31-16-19-14-26(15-21(32)23(19)29-31)9-11-30(12-10-26)24(33)18-6-5-17-7-8-22(27-4)28-20(17)13-18/h5-8,13,16H,9-12,14-15H2,1-4H3,(H,27,28). The number of benzene rings is 1. The van der Waals surface area contributed by atoms with Gasteiger partial charge in [0.05, 0.1) is 11.1 Å². The summed E-state index contributed by atoms with van der Waals surface area (Å²) in [6.45, 7) is 7.61. The topological polar surface area (TPSA) is 80.1 Å². The number of hydrogen-bond acceptors (Lipinski definition) is 5. The van der Waals surface area contributed by atoms with Gasteiger partial charge in [0, 0.05) is 49.3 Å². The van der Waals surface area contributed by atoms with Crippen LogP contribution in [0.1, 0.15) is 66.4 Å². The first-order chi connectivity index (χ1) is 15.7. The molecule has 1 fully saturated rings. The largest absolute Gasteiger partial charge is 0.373 e. The van der Waals surface area contributed by atoms with Crippen molar-refractivity contribution in [3.05, 3.63) is 53.3 Å². The van der Waals surface area contributed by atoms with Gasteiger partial charge in [-0.1, -0.05) is 6.07 Å². The molecule has 1 aromatic carbocycles. The maximum atomic E-state index is 13.2. The minimum absolute atomic E-state index is 0.0341. The molecular weight excluding hydrogens is 414 g/mol. The van der Waals surface area contributed by atoms with Crippen LogP contribution in [0.3, 0.4) is 0 Å². The average Bonchev–Trinajstić information content (AvgIpc) is 3.23. The minimum Gasteiger partial charge on any atom is -0.373 e. The molecule has 1 aliphatic heterocycles. The summed E-state index contributed by atoms with van der Waals surface area (Å²) in [5.74, 6) is 0.954. The van der Waals surface area contributed by atoms with Gasteiger partial charge >= 0.3 is 0 Å². The van der Waals surface area contributed by atoms with Crippen molar-refractivity contribution in [2.45, 2.75) is 52.0 Å². The van der Waals surface area contributed by atoms with Crippen molar-refractivity contribution in [1.29, 1.82) is 0 Å². The number of carbonyl (C=O) groups is 2. The third-order valence-corrected chi connectivity index (χ3v) is 7.15. The smallest absolute Gasteiger partial charge is 0.253 e. The van der Waals surface area contributed by atoms with Gasteiger partial charge in [-0.15, -0.1) is 0 Å². The van der Waals surface area contributed by atoms with E-state index in [-0.39, 0.29) is 22.6 Å². The van der Waals surface area contributed by atoms with E-state index >= 15 is 0 Å². The molecule has 1 amide bonds. The highest BCUT2D eigenvalue weighted by molar-refractivity contribution is 5.98. The van der Waals surface area contributed by atoms with Crippen molar-refractivity contribution in [2.75, 3.05) is 25.5 Å². The van der Waals surface area contributed by atoms with Crippen molar-refractivity contribution >= 4 is 28.4 Å². The van der Waals surface area contributed by atoms with E-state index in [0.29, 0.717) is 30.8 Å². The monoisotopic (exact) mass is 445 g/mol. The van der Waals surface area contributed by atoms with Gasteiger partial charge in [0.1, 0.15) is 11.5 Å². The Kier molecular flexibility index (Phi) is 5.03. The second-order valence-electron chi connectivity index (χ2n) is 10.5. The lowest BCUT2D eigenvalue weighted by molar-refractivity contribution is 0.0520. The Morgan fingerprint density at radius 1 is 1.09 bits per heavy atom. The fourth-order valence-electron chi connectivity index (χ4n) is 5.12. The van der Waals surface area contributed by atoms with Crippen molar-refractivity contribution in [1.82, 2.24) is 19.7 Å². The van der Waals surface area contributed by atoms with Crippen LogP contribution < -0.4 is 5.32 Å². The van der Waals surface area contributed by atoms with E-state index in [2.05, 4.69) is 36.2 Å². The Morgan fingerprint density at radius 2 is 1.82 bits per heavy atom. The highest BCUT2D eigenvalue weighted by Gasteiger charge is 2.43. The second kappa shape index (κ2) is 7.68. The number of Topliss-reactive ketones (excluding diaryl/α,β-unsaturated/α-hetero) is 1. The molecule has 2 aromatic heterocycles. The predicted molar refractivity (Wildman–Crippen MR) is 129 cm³/mol. The number of aromatic nitrogens is 3. The van der Waals surface area contributed by atoms with Gasteiger partial charge in [-0.2, -0.15) is 5.10 Å². The van der Waals surface area contributed by atoms with Crippen molar-refractivity contribution in [2.24, 2.45) is 5.41 Å². The van der Waals surface area contributed by atoms with Crippen LogP contribution in [0.5, 0.6) is 0 Å². The SMILES string of the molecule is CNc1ccc2ccc(C(=O)N3CCC4(CC3)CC(=O)c3nn(C(C)(C)C)cc3C4)cc2n1. The van der Waals surface area contributed by atoms with Gasteiger partial charge in [0.25, 0.3) is 5.91 Å². The molecular formula is C26H31N5O2. The van der Waals surface area contributed by atoms with Crippen LogP contribution in [0.15, 0.2) is 36.5 Å².